The number of amides is 1. The highest BCUT2D eigenvalue weighted by Gasteiger charge is 2.27. The number of piperidine rings is 1. The summed E-state index contributed by atoms with van der Waals surface area (Å²) in [4.78, 5) is 14.4. The normalized spacial score (nSPS) is 20.6. The van der Waals surface area contributed by atoms with Gasteiger partial charge in [-0.3, -0.25) is 9.48 Å². The van der Waals surface area contributed by atoms with Gasteiger partial charge in [-0.25, -0.2) is 0 Å². The summed E-state index contributed by atoms with van der Waals surface area (Å²) in [5, 5.41) is 5.02. The maximum atomic E-state index is 12.4. The third-order valence-electron chi connectivity index (χ3n) is 3.28. The minimum atomic E-state index is 0.128. The lowest BCUT2D eigenvalue weighted by atomic mass is 9.99. The van der Waals surface area contributed by atoms with E-state index in [2.05, 4.69) is 21.0 Å². The van der Waals surface area contributed by atoms with Crippen LogP contribution in [0.4, 0.5) is 0 Å². The van der Waals surface area contributed by atoms with Gasteiger partial charge in [-0.15, -0.1) is 0 Å². The van der Waals surface area contributed by atoms with Crippen LogP contribution >= 0.6 is 15.9 Å². The van der Waals surface area contributed by atoms with Crippen LogP contribution in [0.1, 0.15) is 36.0 Å². The zero-order valence-electron chi connectivity index (χ0n) is 10.1. The molecule has 0 bridgehead atoms. The average molecular weight is 300 g/mol. The second kappa shape index (κ2) is 5.67. The fraction of sp³-hybridized carbons (Fsp3) is 0.667. The van der Waals surface area contributed by atoms with Crippen LogP contribution in [0.2, 0.25) is 0 Å². The highest BCUT2D eigenvalue weighted by molar-refractivity contribution is 9.09. The summed E-state index contributed by atoms with van der Waals surface area (Å²) < 4.78 is 1.68. The number of carbonyl (C=O) groups is 1. The van der Waals surface area contributed by atoms with E-state index in [0.717, 1.165) is 31.1 Å². The van der Waals surface area contributed by atoms with E-state index < -0.39 is 0 Å². The summed E-state index contributed by atoms with van der Waals surface area (Å²) >= 11 is 3.47. The molecule has 0 spiro atoms. The smallest absolute Gasteiger partial charge is 0.257 e. The Kier molecular flexibility index (Phi) is 4.20. The summed E-state index contributed by atoms with van der Waals surface area (Å²) in [6.45, 7) is 0.880. The van der Waals surface area contributed by atoms with E-state index in [1.807, 2.05) is 11.9 Å². The fourth-order valence-electron chi connectivity index (χ4n) is 2.39. The summed E-state index contributed by atoms with van der Waals surface area (Å²) in [5.74, 6) is 0.128. The van der Waals surface area contributed by atoms with Gasteiger partial charge in [0.2, 0.25) is 0 Å². The summed E-state index contributed by atoms with van der Waals surface area (Å²) in [5.41, 5.74) is 0.703. The lowest BCUT2D eigenvalue weighted by Crippen LogP contribution is -2.43. The molecule has 0 aliphatic carbocycles. The van der Waals surface area contributed by atoms with E-state index >= 15 is 0 Å². The monoisotopic (exact) mass is 299 g/mol. The van der Waals surface area contributed by atoms with Crippen molar-refractivity contribution >= 4 is 21.8 Å². The molecule has 5 heteroatoms. The number of hydrogen-bond acceptors (Lipinski definition) is 2. The molecule has 1 atom stereocenters. The van der Waals surface area contributed by atoms with Gasteiger partial charge in [-0.2, -0.15) is 5.10 Å². The molecule has 1 amide bonds. The Morgan fingerprint density at radius 3 is 3.06 bits per heavy atom. The molecule has 0 radical (unpaired) electrons. The van der Waals surface area contributed by atoms with Crippen LogP contribution in [-0.4, -0.2) is 38.5 Å². The van der Waals surface area contributed by atoms with Crippen molar-refractivity contribution in [2.45, 2.75) is 31.7 Å². The number of rotatable bonds is 3. The van der Waals surface area contributed by atoms with Crippen LogP contribution in [0.15, 0.2) is 12.4 Å². The van der Waals surface area contributed by atoms with E-state index in [0.29, 0.717) is 11.6 Å². The van der Waals surface area contributed by atoms with Gasteiger partial charge in [0.05, 0.1) is 11.8 Å². The standard InChI is InChI=1S/C12H18BrN3O/c1-15-9-10(8-14-15)12(17)16-7-3-2-4-11(16)5-6-13/h8-9,11H,2-7H2,1H3. The van der Waals surface area contributed by atoms with Crippen molar-refractivity contribution in [3.8, 4) is 0 Å². The number of halogens is 1. The Morgan fingerprint density at radius 2 is 2.41 bits per heavy atom. The summed E-state index contributed by atoms with van der Waals surface area (Å²) in [6.07, 6.45) is 7.95. The van der Waals surface area contributed by atoms with Crippen LogP contribution in [0, 0.1) is 0 Å². The molecule has 4 nitrogen and oxygen atoms in total. The third kappa shape index (κ3) is 2.89. The highest BCUT2D eigenvalue weighted by atomic mass is 79.9. The van der Waals surface area contributed by atoms with Gasteiger partial charge in [0, 0.05) is 31.2 Å². The Balaban J connectivity index is 2.10. The maximum absolute atomic E-state index is 12.4. The SMILES string of the molecule is Cn1cc(C(=O)N2CCCCC2CCBr)cn1. The van der Waals surface area contributed by atoms with Crippen LogP contribution in [-0.2, 0) is 7.05 Å². The van der Waals surface area contributed by atoms with Crippen LogP contribution < -0.4 is 0 Å². The lowest BCUT2D eigenvalue weighted by Gasteiger charge is -2.35. The van der Waals surface area contributed by atoms with Crippen molar-refractivity contribution < 1.29 is 4.79 Å². The van der Waals surface area contributed by atoms with Gasteiger partial charge in [0.15, 0.2) is 0 Å². The van der Waals surface area contributed by atoms with Gasteiger partial charge in [0.1, 0.15) is 0 Å². The first-order valence-electron chi connectivity index (χ1n) is 6.08. The molecule has 1 aromatic heterocycles. The maximum Gasteiger partial charge on any atom is 0.257 e. The number of aryl methyl sites for hydroxylation is 1. The van der Waals surface area contributed by atoms with Crippen molar-refractivity contribution in [2.75, 3.05) is 11.9 Å². The molecule has 1 fully saturated rings. The predicted octanol–water partition coefficient (Wildman–Crippen LogP) is 2.20. The highest BCUT2D eigenvalue weighted by Crippen LogP contribution is 2.22. The van der Waals surface area contributed by atoms with E-state index in [-0.39, 0.29) is 5.91 Å². The largest absolute Gasteiger partial charge is 0.336 e. The van der Waals surface area contributed by atoms with Crippen molar-refractivity contribution in [3.05, 3.63) is 18.0 Å². The van der Waals surface area contributed by atoms with Crippen LogP contribution in [0.5, 0.6) is 0 Å². The van der Waals surface area contributed by atoms with E-state index in [1.165, 1.54) is 6.42 Å². The Labute approximate surface area is 110 Å². The summed E-state index contributed by atoms with van der Waals surface area (Å²) in [7, 11) is 1.84. The Morgan fingerprint density at radius 1 is 1.59 bits per heavy atom. The van der Waals surface area contributed by atoms with Crippen molar-refractivity contribution in [1.29, 1.82) is 0 Å². The molecule has 1 saturated heterocycles. The van der Waals surface area contributed by atoms with Gasteiger partial charge in [-0.05, 0) is 25.7 Å². The number of alkyl halides is 1. The average Bonchev–Trinajstić information content (AvgIpc) is 2.76. The zero-order chi connectivity index (χ0) is 12.3. The Bertz CT molecular complexity index is 389. The van der Waals surface area contributed by atoms with Crippen LogP contribution in [0.3, 0.4) is 0 Å². The Hall–Kier alpha value is -0.840. The second-order valence-corrected chi connectivity index (χ2v) is 5.32. The molecule has 1 aromatic rings. The lowest BCUT2D eigenvalue weighted by molar-refractivity contribution is 0.0610. The first-order chi connectivity index (χ1) is 8.22. The molecule has 0 saturated carbocycles. The molecule has 1 aliphatic rings. The van der Waals surface area contributed by atoms with Crippen molar-refractivity contribution in [3.63, 3.8) is 0 Å². The van der Waals surface area contributed by atoms with Gasteiger partial charge >= 0.3 is 0 Å². The molecule has 17 heavy (non-hydrogen) atoms. The van der Waals surface area contributed by atoms with Gasteiger partial charge in [-0.1, -0.05) is 15.9 Å². The predicted molar refractivity (Wildman–Crippen MR) is 70.3 cm³/mol. The molecule has 0 aromatic carbocycles. The summed E-state index contributed by atoms with van der Waals surface area (Å²) in [6, 6.07) is 0.385. The number of likely N-dealkylation sites (tertiary alicyclic amines) is 1. The van der Waals surface area contributed by atoms with Crippen molar-refractivity contribution in [2.24, 2.45) is 7.05 Å². The molecule has 1 unspecified atom stereocenters. The molecular weight excluding hydrogens is 282 g/mol. The first kappa shape index (κ1) is 12.6. The van der Waals surface area contributed by atoms with Crippen LogP contribution in [0.25, 0.3) is 0 Å². The quantitative estimate of drug-likeness (QED) is 0.803. The number of hydrogen-bond donors (Lipinski definition) is 0. The third-order valence-corrected chi connectivity index (χ3v) is 3.74. The molecule has 0 N–H and O–H groups in total. The number of carbonyl (C=O) groups excluding carboxylic acids is 1. The fourth-order valence-corrected chi connectivity index (χ4v) is 2.92. The minimum Gasteiger partial charge on any atom is -0.336 e. The number of nitrogens with zero attached hydrogens (tertiary/aromatic N) is 3. The molecule has 2 rings (SSSR count). The van der Waals surface area contributed by atoms with E-state index in [9.17, 15) is 4.79 Å². The minimum absolute atomic E-state index is 0.128. The van der Waals surface area contributed by atoms with Gasteiger partial charge < -0.3 is 4.90 Å². The first-order valence-corrected chi connectivity index (χ1v) is 7.20. The number of aromatic nitrogens is 2. The zero-order valence-corrected chi connectivity index (χ0v) is 11.7. The second-order valence-electron chi connectivity index (χ2n) is 4.53. The van der Waals surface area contributed by atoms with Gasteiger partial charge in [0.25, 0.3) is 5.91 Å². The molecule has 2 heterocycles. The topological polar surface area (TPSA) is 38.1 Å². The molecule has 94 valence electrons. The van der Waals surface area contributed by atoms with E-state index in [4.69, 9.17) is 0 Å². The van der Waals surface area contributed by atoms with E-state index in [1.54, 1.807) is 17.1 Å². The van der Waals surface area contributed by atoms with Crippen molar-refractivity contribution in [1.82, 2.24) is 14.7 Å². The molecule has 1 aliphatic heterocycles. The molecular formula is C12H18BrN3O.